The largest absolute Gasteiger partial charge is 0.493 e. The highest BCUT2D eigenvalue weighted by Gasteiger charge is 2.09. The van der Waals surface area contributed by atoms with E-state index in [2.05, 4.69) is 0 Å². The van der Waals surface area contributed by atoms with Gasteiger partial charge in [0.05, 0.1) is 13.7 Å². The molecule has 0 saturated carbocycles. The maximum absolute atomic E-state index is 11.2. The fourth-order valence-electron chi connectivity index (χ4n) is 1.17. The van der Waals surface area contributed by atoms with Gasteiger partial charge in [-0.1, -0.05) is 0 Å². The van der Waals surface area contributed by atoms with Gasteiger partial charge in [0.2, 0.25) is 0 Å². The SMILES string of the molecule is CCOc1ccc(C(=O)NN)cc1OC. The van der Waals surface area contributed by atoms with Crippen LogP contribution in [0, 0.1) is 0 Å². The van der Waals surface area contributed by atoms with E-state index in [0.717, 1.165) is 0 Å². The number of nitrogen functional groups attached to an aromatic ring is 1. The molecule has 0 aromatic heterocycles. The van der Waals surface area contributed by atoms with Crippen molar-refractivity contribution in [3.8, 4) is 11.5 Å². The molecule has 0 aliphatic heterocycles. The molecule has 0 bridgehead atoms. The summed E-state index contributed by atoms with van der Waals surface area (Å²) in [5.41, 5.74) is 2.48. The highest BCUT2D eigenvalue weighted by atomic mass is 16.5. The van der Waals surface area contributed by atoms with Crippen LogP contribution in [-0.2, 0) is 0 Å². The molecule has 3 N–H and O–H groups in total. The fraction of sp³-hybridized carbons (Fsp3) is 0.300. The second-order valence-electron chi connectivity index (χ2n) is 2.77. The van der Waals surface area contributed by atoms with Gasteiger partial charge in [-0.2, -0.15) is 0 Å². The van der Waals surface area contributed by atoms with Crippen molar-refractivity contribution in [3.63, 3.8) is 0 Å². The first-order chi connectivity index (χ1) is 7.22. The Morgan fingerprint density at radius 1 is 1.47 bits per heavy atom. The van der Waals surface area contributed by atoms with Crippen LogP contribution in [0.15, 0.2) is 18.2 Å². The maximum Gasteiger partial charge on any atom is 0.265 e. The molecule has 0 atom stereocenters. The highest BCUT2D eigenvalue weighted by molar-refractivity contribution is 5.94. The first kappa shape index (κ1) is 11.3. The van der Waals surface area contributed by atoms with Gasteiger partial charge < -0.3 is 9.47 Å². The monoisotopic (exact) mass is 210 g/mol. The lowest BCUT2D eigenvalue weighted by atomic mass is 10.2. The van der Waals surface area contributed by atoms with E-state index in [4.69, 9.17) is 15.3 Å². The summed E-state index contributed by atoms with van der Waals surface area (Å²) in [7, 11) is 1.52. The van der Waals surface area contributed by atoms with Gasteiger partial charge in [-0.25, -0.2) is 5.84 Å². The van der Waals surface area contributed by atoms with Crippen molar-refractivity contribution in [1.29, 1.82) is 0 Å². The Kier molecular flexibility index (Phi) is 3.93. The Bertz CT molecular complexity index is 353. The van der Waals surface area contributed by atoms with E-state index < -0.39 is 0 Å². The smallest absolute Gasteiger partial charge is 0.265 e. The standard InChI is InChI=1S/C10H14N2O3/c1-3-15-8-5-4-7(10(13)12-11)6-9(8)14-2/h4-6H,3,11H2,1-2H3,(H,12,13). The van der Waals surface area contributed by atoms with Gasteiger partial charge in [0.15, 0.2) is 11.5 Å². The summed E-state index contributed by atoms with van der Waals surface area (Å²) in [4.78, 5) is 11.2. The van der Waals surface area contributed by atoms with E-state index in [9.17, 15) is 4.79 Å². The van der Waals surface area contributed by atoms with E-state index in [1.54, 1.807) is 18.2 Å². The van der Waals surface area contributed by atoms with Crippen LogP contribution in [-0.4, -0.2) is 19.6 Å². The third-order valence-electron chi connectivity index (χ3n) is 1.86. The third-order valence-corrected chi connectivity index (χ3v) is 1.86. The van der Waals surface area contributed by atoms with Crippen molar-refractivity contribution in [2.24, 2.45) is 5.84 Å². The van der Waals surface area contributed by atoms with Gasteiger partial charge in [0, 0.05) is 5.56 Å². The molecule has 5 nitrogen and oxygen atoms in total. The minimum absolute atomic E-state index is 0.364. The van der Waals surface area contributed by atoms with Crippen molar-refractivity contribution in [2.45, 2.75) is 6.92 Å². The molecule has 82 valence electrons. The molecule has 15 heavy (non-hydrogen) atoms. The number of methoxy groups -OCH3 is 1. The lowest BCUT2D eigenvalue weighted by Crippen LogP contribution is -2.29. The van der Waals surface area contributed by atoms with E-state index in [0.29, 0.717) is 23.7 Å². The summed E-state index contributed by atoms with van der Waals surface area (Å²) < 4.78 is 10.4. The molecule has 0 spiro atoms. The highest BCUT2D eigenvalue weighted by Crippen LogP contribution is 2.27. The Hall–Kier alpha value is -1.75. The quantitative estimate of drug-likeness (QED) is 0.436. The van der Waals surface area contributed by atoms with Crippen molar-refractivity contribution in [2.75, 3.05) is 13.7 Å². The number of hydrazine groups is 1. The predicted molar refractivity (Wildman–Crippen MR) is 55.8 cm³/mol. The molecule has 0 fully saturated rings. The van der Waals surface area contributed by atoms with Crippen LogP contribution in [0.4, 0.5) is 0 Å². The average Bonchev–Trinajstić information content (AvgIpc) is 2.29. The third kappa shape index (κ3) is 2.60. The van der Waals surface area contributed by atoms with Gasteiger partial charge in [0.1, 0.15) is 0 Å². The van der Waals surface area contributed by atoms with Gasteiger partial charge in [-0.05, 0) is 25.1 Å². The van der Waals surface area contributed by atoms with Crippen molar-refractivity contribution in [3.05, 3.63) is 23.8 Å². The van der Waals surface area contributed by atoms with Crippen LogP contribution < -0.4 is 20.7 Å². The molecule has 1 aromatic rings. The summed E-state index contributed by atoms with van der Waals surface area (Å²) in [5.74, 6) is 5.77. The number of carbonyl (C=O) groups excluding carboxylic acids is 1. The summed E-state index contributed by atoms with van der Waals surface area (Å²) in [6.45, 7) is 2.42. The van der Waals surface area contributed by atoms with Crippen LogP contribution in [0.1, 0.15) is 17.3 Å². The van der Waals surface area contributed by atoms with Crippen molar-refractivity contribution in [1.82, 2.24) is 5.43 Å². The van der Waals surface area contributed by atoms with Crippen LogP contribution in [0.2, 0.25) is 0 Å². The Balaban J connectivity index is 3.01. The summed E-state index contributed by atoms with van der Waals surface area (Å²) in [6, 6.07) is 4.87. The summed E-state index contributed by atoms with van der Waals surface area (Å²) >= 11 is 0. The lowest BCUT2D eigenvalue weighted by Gasteiger charge is -2.10. The second kappa shape index (κ2) is 5.21. The molecule has 1 rings (SSSR count). The molecule has 0 saturated heterocycles. The second-order valence-corrected chi connectivity index (χ2v) is 2.77. The number of amides is 1. The molecule has 0 radical (unpaired) electrons. The van der Waals surface area contributed by atoms with Crippen LogP contribution >= 0.6 is 0 Å². The Morgan fingerprint density at radius 2 is 2.20 bits per heavy atom. The number of hydrogen-bond donors (Lipinski definition) is 2. The molecule has 0 heterocycles. The Labute approximate surface area is 88.1 Å². The molecular weight excluding hydrogens is 196 g/mol. The van der Waals surface area contributed by atoms with E-state index in [1.165, 1.54) is 7.11 Å². The zero-order valence-corrected chi connectivity index (χ0v) is 8.74. The first-order valence-electron chi connectivity index (χ1n) is 4.54. The van der Waals surface area contributed by atoms with Crippen LogP contribution in [0.25, 0.3) is 0 Å². The Morgan fingerprint density at radius 3 is 2.73 bits per heavy atom. The molecule has 0 unspecified atom stereocenters. The van der Waals surface area contributed by atoms with E-state index in [-0.39, 0.29) is 5.91 Å². The number of rotatable bonds is 4. The number of nitrogens with two attached hydrogens (primary N) is 1. The lowest BCUT2D eigenvalue weighted by molar-refractivity contribution is 0.0953. The van der Waals surface area contributed by atoms with Gasteiger partial charge in [0.25, 0.3) is 5.91 Å². The average molecular weight is 210 g/mol. The van der Waals surface area contributed by atoms with E-state index in [1.807, 2.05) is 12.3 Å². The number of nitrogens with one attached hydrogen (secondary N) is 1. The van der Waals surface area contributed by atoms with Gasteiger partial charge >= 0.3 is 0 Å². The maximum atomic E-state index is 11.2. The normalized spacial score (nSPS) is 9.53. The van der Waals surface area contributed by atoms with E-state index >= 15 is 0 Å². The first-order valence-corrected chi connectivity index (χ1v) is 4.54. The molecule has 5 heteroatoms. The summed E-state index contributed by atoms with van der Waals surface area (Å²) in [5, 5.41) is 0. The minimum Gasteiger partial charge on any atom is -0.493 e. The van der Waals surface area contributed by atoms with Crippen molar-refractivity contribution < 1.29 is 14.3 Å². The molecule has 1 amide bonds. The molecule has 0 aliphatic carbocycles. The number of hydrogen-bond acceptors (Lipinski definition) is 4. The van der Waals surface area contributed by atoms with Crippen molar-refractivity contribution >= 4 is 5.91 Å². The molecular formula is C10H14N2O3. The fourth-order valence-corrected chi connectivity index (χ4v) is 1.17. The number of ether oxygens (including phenoxy) is 2. The van der Waals surface area contributed by atoms with Gasteiger partial charge in [-0.15, -0.1) is 0 Å². The van der Waals surface area contributed by atoms with Crippen LogP contribution in [0.3, 0.4) is 0 Å². The number of benzene rings is 1. The molecule has 0 aliphatic rings. The zero-order chi connectivity index (χ0) is 11.3. The molecule has 1 aromatic carbocycles. The minimum atomic E-state index is -0.364. The predicted octanol–water partition coefficient (Wildman–Crippen LogP) is 0.697. The van der Waals surface area contributed by atoms with Crippen LogP contribution in [0.5, 0.6) is 11.5 Å². The topological polar surface area (TPSA) is 73.6 Å². The van der Waals surface area contributed by atoms with Gasteiger partial charge in [-0.3, -0.25) is 10.2 Å². The number of carbonyl (C=O) groups is 1. The summed E-state index contributed by atoms with van der Waals surface area (Å²) in [6.07, 6.45) is 0. The zero-order valence-electron chi connectivity index (χ0n) is 8.74.